The van der Waals surface area contributed by atoms with Crippen molar-refractivity contribution in [3.8, 4) is 5.75 Å². The molecule has 1 saturated carbocycles. The van der Waals surface area contributed by atoms with Crippen LogP contribution < -0.4 is 10.1 Å². The van der Waals surface area contributed by atoms with Crippen LogP contribution in [0.2, 0.25) is 5.02 Å². The summed E-state index contributed by atoms with van der Waals surface area (Å²) in [6.07, 6.45) is 6.44. The Hall–Kier alpha value is -0.730. The number of halogens is 1. The molecule has 0 spiro atoms. The number of hydrogen-bond donors (Lipinski definition) is 1. The van der Waals surface area contributed by atoms with E-state index in [1.165, 1.54) is 43.2 Å². The summed E-state index contributed by atoms with van der Waals surface area (Å²) in [4.78, 5) is 0. The average molecular weight is 280 g/mol. The molecule has 1 heterocycles. The third-order valence-corrected chi connectivity index (χ3v) is 4.91. The van der Waals surface area contributed by atoms with Gasteiger partial charge in [-0.05, 0) is 54.8 Å². The summed E-state index contributed by atoms with van der Waals surface area (Å²) >= 11 is 6.45. The van der Waals surface area contributed by atoms with Crippen molar-refractivity contribution in [2.75, 3.05) is 20.2 Å². The van der Waals surface area contributed by atoms with E-state index in [4.69, 9.17) is 16.3 Å². The summed E-state index contributed by atoms with van der Waals surface area (Å²) < 4.78 is 5.56. The highest BCUT2D eigenvalue weighted by molar-refractivity contribution is 6.32. The first-order valence-corrected chi connectivity index (χ1v) is 7.75. The van der Waals surface area contributed by atoms with Crippen molar-refractivity contribution < 1.29 is 4.74 Å². The maximum Gasteiger partial charge on any atom is 0.140 e. The minimum atomic E-state index is 0.614. The lowest BCUT2D eigenvalue weighted by atomic mass is 9.90. The van der Waals surface area contributed by atoms with E-state index < -0.39 is 0 Å². The first-order chi connectivity index (χ1) is 9.29. The Bertz CT molecular complexity index is 448. The van der Waals surface area contributed by atoms with Gasteiger partial charge in [0, 0.05) is 6.54 Å². The summed E-state index contributed by atoms with van der Waals surface area (Å²) in [5.41, 5.74) is 2.73. The van der Waals surface area contributed by atoms with E-state index in [1.807, 2.05) is 0 Å². The van der Waals surface area contributed by atoms with Gasteiger partial charge in [0.25, 0.3) is 0 Å². The highest BCUT2D eigenvalue weighted by atomic mass is 35.5. The van der Waals surface area contributed by atoms with Gasteiger partial charge >= 0.3 is 0 Å². The van der Waals surface area contributed by atoms with Crippen molar-refractivity contribution in [3.63, 3.8) is 0 Å². The second-order valence-corrected chi connectivity index (χ2v) is 6.20. The van der Waals surface area contributed by atoms with Crippen LogP contribution in [0.15, 0.2) is 12.1 Å². The largest absolute Gasteiger partial charge is 0.495 e. The molecule has 1 aliphatic heterocycles. The molecular weight excluding hydrogens is 258 g/mol. The predicted octanol–water partition coefficient (Wildman–Crippen LogP) is 4.08. The summed E-state index contributed by atoms with van der Waals surface area (Å²) in [7, 11) is 1.73. The van der Waals surface area contributed by atoms with E-state index in [9.17, 15) is 0 Å². The van der Waals surface area contributed by atoms with Gasteiger partial charge in [-0.3, -0.25) is 0 Å². The van der Waals surface area contributed by atoms with Crippen molar-refractivity contribution in [2.24, 2.45) is 0 Å². The number of benzene rings is 1. The molecule has 1 aliphatic carbocycles. The Balaban J connectivity index is 1.98. The molecule has 1 saturated heterocycles. The third-order valence-electron chi connectivity index (χ3n) is 4.63. The van der Waals surface area contributed by atoms with Crippen LogP contribution in [-0.2, 0) is 0 Å². The van der Waals surface area contributed by atoms with Gasteiger partial charge in [0.05, 0.1) is 12.1 Å². The van der Waals surface area contributed by atoms with E-state index in [0.29, 0.717) is 11.8 Å². The Morgan fingerprint density at radius 2 is 1.95 bits per heavy atom. The standard InChI is InChI=1S/C16H22ClNO/c1-19-16-14(11-4-2-3-5-11)8-13(9-15(16)17)12-6-7-18-10-12/h8-9,11-12,18H,2-7,10H2,1H3. The summed E-state index contributed by atoms with van der Waals surface area (Å²) in [5, 5.41) is 4.22. The van der Waals surface area contributed by atoms with Gasteiger partial charge in [0.2, 0.25) is 0 Å². The van der Waals surface area contributed by atoms with Gasteiger partial charge < -0.3 is 10.1 Å². The van der Waals surface area contributed by atoms with Crippen LogP contribution in [0.25, 0.3) is 0 Å². The molecule has 3 rings (SSSR count). The molecule has 2 nitrogen and oxygen atoms in total. The second-order valence-electron chi connectivity index (χ2n) is 5.80. The minimum Gasteiger partial charge on any atom is -0.495 e. The Labute approximate surface area is 120 Å². The van der Waals surface area contributed by atoms with E-state index >= 15 is 0 Å². The lowest BCUT2D eigenvalue weighted by Crippen LogP contribution is -2.09. The summed E-state index contributed by atoms with van der Waals surface area (Å²) in [6.45, 7) is 2.19. The molecule has 0 bridgehead atoms. The molecule has 0 radical (unpaired) electrons. The first kappa shape index (κ1) is 13.3. The lowest BCUT2D eigenvalue weighted by molar-refractivity contribution is 0.405. The molecular formula is C16H22ClNO. The number of ether oxygens (including phenoxy) is 1. The van der Waals surface area contributed by atoms with Gasteiger partial charge in [0.1, 0.15) is 5.75 Å². The zero-order valence-corrected chi connectivity index (χ0v) is 12.3. The quantitative estimate of drug-likeness (QED) is 0.900. The Morgan fingerprint density at radius 3 is 2.58 bits per heavy atom. The van der Waals surface area contributed by atoms with Crippen molar-refractivity contribution in [1.82, 2.24) is 5.32 Å². The maximum atomic E-state index is 6.45. The highest BCUT2D eigenvalue weighted by Gasteiger charge is 2.25. The minimum absolute atomic E-state index is 0.614. The Morgan fingerprint density at radius 1 is 1.16 bits per heavy atom. The molecule has 0 amide bonds. The topological polar surface area (TPSA) is 21.3 Å². The van der Waals surface area contributed by atoms with Crippen molar-refractivity contribution in [3.05, 3.63) is 28.3 Å². The van der Waals surface area contributed by atoms with E-state index in [0.717, 1.165) is 23.9 Å². The normalized spacial score (nSPS) is 24.0. The molecule has 1 unspecified atom stereocenters. The second kappa shape index (κ2) is 5.72. The lowest BCUT2D eigenvalue weighted by Gasteiger charge is -2.19. The predicted molar refractivity (Wildman–Crippen MR) is 79.4 cm³/mol. The van der Waals surface area contributed by atoms with Gasteiger partial charge in [0.15, 0.2) is 0 Å². The number of hydrogen-bond acceptors (Lipinski definition) is 2. The average Bonchev–Trinajstić information content (AvgIpc) is 3.11. The molecule has 19 heavy (non-hydrogen) atoms. The molecule has 104 valence electrons. The van der Waals surface area contributed by atoms with Gasteiger partial charge in [-0.25, -0.2) is 0 Å². The number of methoxy groups -OCH3 is 1. The van der Waals surface area contributed by atoms with E-state index in [2.05, 4.69) is 17.4 Å². The fourth-order valence-corrected chi connectivity index (χ4v) is 3.88. The number of rotatable bonds is 3. The van der Waals surface area contributed by atoms with Crippen LogP contribution in [0.5, 0.6) is 5.75 Å². The SMILES string of the molecule is COc1c(Cl)cc(C2CCNC2)cc1C1CCCC1. The van der Waals surface area contributed by atoms with Crippen LogP contribution >= 0.6 is 11.6 Å². The van der Waals surface area contributed by atoms with Crippen LogP contribution in [-0.4, -0.2) is 20.2 Å². The van der Waals surface area contributed by atoms with Crippen LogP contribution in [0.1, 0.15) is 55.1 Å². The van der Waals surface area contributed by atoms with Crippen molar-refractivity contribution in [2.45, 2.75) is 43.9 Å². The monoisotopic (exact) mass is 279 g/mol. The summed E-state index contributed by atoms with van der Waals surface area (Å²) in [5.74, 6) is 2.16. The fourth-order valence-electron chi connectivity index (χ4n) is 3.57. The molecule has 2 aliphatic rings. The van der Waals surface area contributed by atoms with Gasteiger partial charge in [-0.15, -0.1) is 0 Å². The van der Waals surface area contributed by atoms with Gasteiger partial charge in [-0.2, -0.15) is 0 Å². The zero-order chi connectivity index (χ0) is 13.2. The van der Waals surface area contributed by atoms with Gasteiger partial charge in [-0.1, -0.05) is 30.5 Å². The molecule has 1 atom stereocenters. The molecule has 1 N–H and O–H groups in total. The molecule has 0 aromatic heterocycles. The molecule has 3 heteroatoms. The fraction of sp³-hybridized carbons (Fsp3) is 0.625. The van der Waals surface area contributed by atoms with Crippen LogP contribution in [0, 0.1) is 0 Å². The van der Waals surface area contributed by atoms with Crippen molar-refractivity contribution in [1.29, 1.82) is 0 Å². The van der Waals surface area contributed by atoms with Crippen molar-refractivity contribution >= 4 is 11.6 Å². The smallest absolute Gasteiger partial charge is 0.140 e. The number of nitrogens with one attached hydrogen (secondary N) is 1. The maximum absolute atomic E-state index is 6.45. The van der Waals surface area contributed by atoms with E-state index in [1.54, 1.807) is 7.11 Å². The first-order valence-electron chi connectivity index (χ1n) is 7.37. The molecule has 2 fully saturated rings. The highest BCUT2D eigenvalue weighted by Crippen LogP contribution is 2.43. The summed E-state index contributed by atoms with van der Waals surface area (Å²) in [6, 6.07) is 4.47. The third kappa shape index (κ3) is 2.61. The zero-order valence-electron chi connectivity index (χ0n) is 11.5. The molecule has 1 aromatic rings. The van der Waals surface area contributed by atoms with Crippen LogP contribution in [0.3, 0.4) is 0 Å². The van der Waals surface area contributed by atoms with Crippen LogP contribution in [0.4, 0.5) is 0 Å². The molecule has 1 aromatic carbocycles. The Kier molecular flexibility index (Phi) is 3.99. The van der Waals surface area contributed by atoms with E-state index in [-0.39, 0.29) is 0 Å².